The van der Waals surface area contributed by atoms with Crippen LogP contribution in [0, 0.1) is 6.92 Å². The standard InChI is InChI=1S/C20H27N3O4S/c1-13-9-15-3-4-16(27-11-17(28)14(2)21)10-23(15)18(13)19(25)22-20(12-24)5-7-26-8-6-20/h3-4,9-10,24,28H,5-8,11-12,21H2,1-2H3,(H,22,25)/b17-14-. The van der Waals surface area contributed by atoms with Crippen LogP contribution in [0.4, 0.5) is 0 Å². The van der Waals surface area contributed by atoms with Crippen molar-refractivity contribution in [3.05, 3.63) is 46.3 Å². The van der Waals surface area contributed by atoms with Crippen molar-refractivity contribution in [1.82, 2.24) is 9.72 Å². The zero-order valence-electron chi connectivity index (χ0n) is 16.2. The molecule has 0 saturated carbocycles. The van der Waals surface area contributed by atoms with Crippen LogP contribution >= 0.6 is 12.6 Å². The number of hydrogen-bond acceptors (Lipinski definition) is 6. The maximum atomic E-state index is 13.1. The van der Waals surface area contributed by atoms with Gasteiger partial charge in [-0.15, -0.1) is 12.6 Å². The maximum absolute atomic E-state index is 13.1. The molecule has 0 unspecified atom stereocenters. The van der Waals surface area contributed by atoms with Crippen LogP contribution in [-0.2, 0) is 4.74 Å². The van der Waals surface area contributed by atoms with E-state index in [2.05, 4.69) is 17.9 Å². The van der Waals surface area contributed by atoms with E-state index in [1.165, 1.54) is 0 Å². The minimum Gasteiger partial charge on any atom is -0.487 e. The molecule has 0 bridgehead atoms. The molecule has 3 rings (SSSR count). The Morgan fingerprint density at radius 2 is 2.14 bits per heavy atom. The Hall–Kier alpha value is -2.16. The minimum absolute atomic E-state index is 0.117. The second-order valence-corrected chi connectivity index (χ2v) is 7.80. The predicted molar refractivity (Wildman–Crippen MR) is 111 cm³/mol. The molecule has 1 saturated heterocycles. The van der Waals surface area contributed by atoms with Gasteiger partial charge in [-0.3, -0.25) is 4.79 Å². The normalized spacial score (nSPS) is 17.3. The Labute approximate surface area is 169 Å². The third-order valence-corrected chi connectivity index (χ3v) is 5.59. The molecule has 2 aromatic heterocycles. The molecule has 7 nitrogen and oxygen atoms in total. The summed E-state index contributed by atoms with van der Waals surface area (Å²) >= 11 is 4.30. The molecule has 28 heavy (non-hydrogen) atoms. The highest BCUT2D eigenvalue weighted by atomic mass is 32.1. The number of pyridine rings is 1. The van der Waals surface area contributed by atoms with Gasteiger partial charge in [0.05, 0.1) is 18.3 Å². The van der Waals surface area contributed by atoms with E-state index in [4.69, 9.17) is 15.2 Å². The first-order valence-electron chi connectivity index (χ1n) is 9.25. The molecule has 1 amide bonds. The van der Waals surface area contributed by atoms with Crippen molar-refractivity contribution in [3.8, 4) is 5.75 Å². The van der Waals surface area contributed by atoms with Crippen LogP contribution in [0.3, 0.4) is 0 Å². The molecule has 0 radical (unpaired) electrons. The quantitative estimate of drug-likeness (QED) is 0.551. The summed E-state index contributed by atoms with van der Waals surface area (Å²) in [5.74, 6) is 0.381. The number of nitrogens with one attached hydrogen (secondary N) is 1. The monoisotopic (exact) mass is 405 g/mol. The number of amides is 1. The number of aliphatic hydroxyl groups excluding tert-OH is 1. The number of carbonyl (C=O) groups excluding carboxylic acids is 1. The van der Waals surface area contributed by atoms with Gasteiger partial charge in [-0.25, -0.2) is 0 Å². The summed E-state index contributed by atoms with van der Waals surface area (Å²) in [6.07, 6.45) is 2.95. The summed E-state index contributed by atoms with van der Waals surface area (Å²) in [6, 6.07) is 5.69. The van der Waals surface area contributed by atoms with E-state index in [0.717, 1.165) is 11.1 Å². The van der Waals surface area contributed by atoms with Gasteiger partial charge in [-0.05, 0) is 50.5 Å². The average molecular weight is 406 g/mol. The molecule has 1 fully saturated rings. The van der Waals surface area contributed by atoms with E-state index in [-0.39, 0.29) is 19.1 Å². The van der Waals surface area contributed by atoms with Crippen molar-refractivity contribution in [2.75, 3.05) is 26.4 Å². The number of carbonyl (C=O) groups is 1. The van der Waals surface area contributed by atoms with Crippen molar-refractivity contribution < 1.29 is 19.4 Å². The zero-order chi connectivity index (χ0) is 20.3. The Morgan fingerprint density at radius 1 is 1.43 bits per heavy atom. The predicted octanol–water partition coefficient (Wildman–Crippen LogP) is 2.02. The second kappa shape index (κ2) is 8.46. The van der Waals surface area contributed by atoms with Crippen LogP contribution in [0.25, 0.3) is 5.52 Å². The van der Waals surface area contributed by atoms with Crippen LogP contribution in [0.15, 0.2) is 35.0 Å². The Bertz CT molecular complexity index is 896. The summed E-state index contributed by atoms with van der Waals surface area (Å²) in [4.78, 5) is 13.7. The van der Waals surface area contributed by atoms with Crippen LogP contribution in [0.1, 0.15) is 35.8 Å². The summed E-state index contributed by atoms with van der Waals surface area (Å²) in [5.41, 5.74) is 7.92. The fraction of sp³-hybridized carbons (Fsp3) is 0.450. The summed E-state index contributed by atoms with van der Waals surface area (Å²) in [7, 11) is 0. The summed E-state index contributed by atoms with van der Waals surface area (Å²) < 4.78 is 12.9. The van der Waals surface area contributed by atoms with Crippen LogP contribution < -0.4 is 15.8 Å². The number of nitrogens with two attached hydrogens (primary N) is 1. The van der Waals surface area contributed by atoms with Gasteiger partial charge in [-0.2, -0.15) is 0 Å². The molecule has 0 aliphatic carbocycles. The van der Waals surface area contributed by atoms with Gasteiger partial charge < -0.3 is 30.0 Å². The number of rotatable bonds is 6. The van der Waals surface area contributed by atoms with Gasteiger partial charge in [0.25, 0.3) is 5.91 Å². The molecule has 3 heterocycles. The van der Waals surface area contributed by atoms with Gasteiger partial charge in [0.15, 0.2) is 0 Å². The smallest absolute Gasteiger partial charge is 0.269 e. The van der Waals surface area contributed by atoms with Crippen molar-refractivity contribution >= 4 is 24.1 Å². The third kappa shape index (κ3) is 4.29. The van der Waals surface area contributed by atoms with E-state index in [1.54, 1.807) is 13.1 Å². The lowest BCUT2D eigenvalue weighted by molar-refractivity contribution is 0.0124. The highest BCUT2D eigenvalue weighted by molar-refractivity contribution is 7.84. The molecular formula is C20H27N3O4S. The first-order valence-corrected chi connectivity index (χ1v) is 9.70. The molecule has 0 spiro atoms. The lowest BCUT2D eigenvalue weighted by Gasteiger charge is -2.36. The van der Waals surface area contributed by atoms with E-state index < -0.39 is 5.54 Å². The Kier molecular flexibility index (Phi) is 6.22. The fourth-order valence-electron chi connectivity index (χ4n) is 3.31. The lowest BCUT2D eigenvalue weighted by Crippen LogP contribution is -2.54. The number of aromatic nitrogens is 1. The number of aryl methyl sites for hydroxylation is 1. The number of hydrogen-bond donors (Lipinski definition) is 4. The number of thiol groups is 1. The highest BCUT2D eigenvalue weighted by Gasteiger charge is 2.34. The number of fused-ring (bicyclic) bond motifs is 1. The van der Waals surface area contributed by atoms with Gasteiger partial charge >= 0.3 is 0 Å². The van der Waals surface area contributed by atoms with Crippen molar-refractivity contribution in [2.45, 2.75) is 32.2 Å². The van der Waals surface area contributed by atoms with E-state index in [1.807, 2.05) is 29.5 Å². The summed E-state index contributed by atoms with van der Waals surface area (Å²) in [5, 5.41) is 12.9. The molecule has 4 N–H and O–H groups in total. The van der Waals surface area contributed by atoms with E-state index in [9.17, 15) is 9.90 Å². The molecule has 0 atom stereocenters. The number of aliphatic hydroxyl groups is 1. The first-order chi connectivity index (χ1) is 13.3. The molecule has 8 heteroatoms. The largest absolute Gasteiger partial charge is 0.487 e. The van der Waals surface area contributed by atoms with Gasteiger partial charge in [-0.1, -0.05) is 0 Å². The van der Waals surface area contributed by atoms with Crippen molar-refractivity contribution in [3.63, 3.8) is 0 Å². The van der Waals surface area contributed by atoms with Crippen molar-refractivity contribution in [1.29, 1.82) is 0 Å². The number of allylic oxidation sites excluding steroid dienone is 1. The van der Waals surface area contributed by atoms with Gasteiger partial charge in [0, 0.05) is 29.3 Å². The van der Waals surface area contributed by atoms with E-state index in [0.29, 0.717) is 48.1 Å². The topological polar surface area (TPSA) is 98.2 Å². The fourth-order valence-corrected chi connectivity index (χ4v) is 3.37. The Morgan fingerprint density at radius 3 is 2.79 bits per heavy atom. The second-order valence-electron chi connectivity index (χ2n) is 7.26. The molecule has 0 aromatic carbocycles. The molecular weight excluding hydrogens is 378 g/mol. The van der Waals surface area contributed by atoms with Crippen LogP contribution in [0.5, 0.6) is 5.75 Å². The molecule has 1 aliphatic heterocycles. The number of nitrogens with zero attached hydrogens (tertiary/aromatic N) is 1. The SMILES string of the molecule is C/C(N)=C(/S)COc1ccc2cc(C)c(C(=O)NC3(CO)CCOCC3)n2c1. The highest BCUT2D eigenvalue weighted by Crippen LogP contribution is 2.24. The maximum Gasteiger partial charge on any atom is 0.269 e. The molecule has 2 aromatic rings. The summed E-state index contributed by atoms with van der Waals surface area (Å²) in [6.45, 7) is 4.84. The van der Waals surface area contributed by atoms with Gasteiger partial charge in [0.2, 0.25) is 0 Å². The zero-order valence-corrected chi connectivity index (χ0v) is 17.1. The molecule has 1 aliphatic rings. The van der Waals surface area contributed by atoms with Crippen LogP contribution in [-0.4, -0.2) is 47.4 Å². The molecule has 152 valence electrons. The third-order valence-electron chi connectivity index (χ3n) is 5.11. The van der Waals surface area contributed by atoms with Gasteiger partial charge in [0.1, 0.15) is 18.1 Å². The Balaban J connectivity index is 1.87. The first kappa shape index (κ1) is 20.6. The average Bonchev–Trinajstić information content (AvgIpc) is 3.01. The van der Waals surface area contributed by atoms with Crippen LogP contribution in [0.2, 0.25) is 0 Å². The van der Waals surface area contributed by atoms with E-state index >= 15 is 0 Å². The minimum atomic E-state index is -0.648. The number of ether oxygens (including phenoxy) is 2. The van der Waals surface area contributed by atoms with Crippen molar-refractivity contribution in [2.24, 2.45) is 5.73 Å². The lowest BCUT2D eigenvalue weighted by atomic mass is 9.90.